The number of esters is 1. The zero-order chi connectivity index (χ0) is 25.1. The molecule has 0 radical (unpaired) electrons. The van der Waals surface area contributed by atoms with Crippen LogP contribution in [0.5, 0.6) is 0 Å². The monoisotopic (exact) mass is 483 g/mol. The van der Waals surface area contributed by atoms with Gasteiger partial charge in [-0.2, -0.15) is 0 Å². The Bertz CT molecular complexity index is 942. The fraction of sp³-hybridized carbons (Fsp3) is 0.481. The second-order valence-corrected chi connectivity index (χ2v) is 15.0. The zero-order valence-electron chi connectivity index (χ0n) is 21.3. The summed E-state index contributed by atoms with van der Waals surface area (Å²) in [7, 11) is -1.57. The van der Waals surface area contributed by atoms with Gasteiger partial charge in [0.15, 0.2) is 6.04 Å². The molecule has 0 spiro atoms. The van der Waals surface area contributed by atoms with Gasteiger partial charge in [-0.15, -0.1) is 0 Å². The third-order valence-corrected chi connectivity index (χ3v) is 11.2. The van der Waals surface area contributed by atoms with E-state index in [4.69, 9.17) is 13.9 Å². The van der Waals surface area contributed by atoms with E-state index in [0.29, 0.717) is 13.0 Å². The van der Waals surface area contributed by atoms with Crippen LogP contribution in [0.1, 0.15) is 48.0 Å². The maximum atomic E-state index is 13.0. The molecule has 1 heterocycles. The van der Waals surface area contributed by atoms with Crippen LogP contribution < -0.4 is 10.4 Å². The van der Waals surface area contributed by atoms with Crippen molar-refractivity contribution in [1.29, 1.82) is 0 Å². The predicted octanol–water partition coefficient (Wildman–Crippen LogP) is 4.11. The van der Waals surface area contributed by atoms with Crippen molar-refractivity contribution in [3.63, 3.8) is 0 Å². The zero-order valence-corrected chi connectivity index (χ0v) is 22.3. The van der Waals surface area contributed by atoms with Gasteiger partial charge in [0.25, 0.3) is 8.32 Å². The summed E-state index contributed by atoms with van der Waals surface area (Å²) >= 11 is 0. The molecule has 0 aliphatic carbocycles. The Labute approximate surface area is 204 Å². The number of nitrogens with zero attached hydrogens (tertiary/aromatic N) is 1. The van der Waals surface area contributed by atoms with Crippen molar-refractivity contribution < 1.29 is 23.5 Å². The number of likely N-dealkylation sites (tertiary alicyclic amines) is 1. The average Bonchev–Trinajstić information content (AvgIpc) is 3.20. The van der Waals surface area contributed by atoms with Crippen molar-refractivity contribution in [2.45, 2.75) is 70.7 Å². The van der Waals surface area contributed by atoms with E-state index in [-0.39, 0.29) is 5.04 Å². The van der Waals surface area contributed by atoms with Gasteiger partial charge in [-0.05, 0) is 42.6 Å². The van der Waals surface area contributed by atoms with Gasteiger partial charge in [-0.25, -0.2) is 9.59 Å². The molecule has 34 heavy (non-hydrogen) atoms. The molecule has 0 saturated carbocycles. The molecule has 0 unspecified atom stereocenters. The Balaban J connectivity index is 2.10. The topological polar surface area (TPSA) is 65.1 Å². The van der Waals surface area contributed by atoms with E-state index in [1.807, 2.05) is 57.2 Å². The first-order valence-electron chi connectivity index (χ1n) is 11.8. The number of hydrogen-bond donors (Lipinski definition) is 0. The first-order chi connectivity index (χ1) is 15.9. The van der Waals surface area contributed by atoms with Crippen LogP contribution in [-0.4, -0.2) is 56.7 Å². The van der Waals surface area contributed by atoms with Gasteiger partial charge in [0.1, 0.15) is 5.60 Å². The molecule has 184 valence electrons. The van der Waals surface area contributed by atoms with Gasteiger partial charge in [-0.3, -0.25) is 4.90 Å². The summed E-state index contributed by atoms with van der Waals surface area (Å²) in [5, 5.41) is 1.98. The van der Waals surface area contributed by atoms with E-state index < -0.39 is 38.1 Å². The molecule has 2 aromatic rings. The van der Waals surface area contributed by atoms with E-state index >= 15 is 0 Å². The molecule has 1 aliphatic heterocycles. The number of carbonyl (C=O) groups is 2. The lowest BCUT2D eigenvalue weighted by Crippen LogP contribution is -2.68. The molecule has 1 amide bonds. The lowest BCUT2D eigenvalue weighted by molar-refractivity contribution is -0.148. The summed E-state index contributed by atoms with van der Waals surface area (Å²) in [4.78, 5) is 27.4. The van der Waals surface area contributed by atoms with E-state index in [1.54, 1.807) is 0 Å². The van der Waals surface area contributed by atoms with Crippen LogP contribution in [0.2, 0.25) is 5.04 Å². The molecular formula is C27H37NO5Si. The lowest BCUT2D eigenvalue weighted by atomic mass is 10.2. The van der Waals surface area contributed by atoms with Crippen LogP contribution in [0, 0.1) is 0 Å². The van der Waals surface area contributed by atoms with Crippen LogP contribution in [0.4, 0.5) is 4.79 Å². The summed E-state index contributed by atoms with van der Waals surface area (Å²) in [6.07, 6.45) is -0.536. The smallest absolute Gasteiger partial charge is 0.411 e. The van der Waals surface area contributed by atoms with Crippen LogP contribution >= 0.6 is 0 Å². The second kappa shape index (κ2) is 9.92. The molecule has 2 atom stereocenters. The average molecular weight is 484 g/mol. The molecule has 1 aliphatic rings. The molecule has 1 saturated heterocycles. The van der Waals surface area contributed by atoms with Gasteiger partial charge in [0, 0.05) is 6.54 Å². The molecular weight excluding hydrogens is 446 g/mol. The van der Waals surface area contributed by atoms with E-state index in [1.165, 1.54) is 12.0 Å². The van der Waals surface area contributed by atoms with Gasteiger partial charge in [-0.1, -0.05) is 81.4 Å². The summed E-state index contributed by atoms with van der Waals surface area (Å²) in [6, 6.07) is 19.6. The summed E-state index contributed by atoms with van der Waals surface area (Å²) < 4.78 is 17.9. The Morgan fingerprint density at radius 2 is 1.38 bits per heavy atom. The molecule has 1 fully saturated rings. The molecule has 7 heteroatoms. The summed E-state index contributed by atoms with van der Waals surface area (Å²) in [5.41, 5.74) is -0.672. The fourth-order valence-electron chi connectivity index (χ4n) is 4.73. The standard InChI is InChI=1S/C27H37NO5Si/c1-26(2,3)32-25(30)28-19-18-22(23(28)24(29)31-7)33-34(27(4,5)6,20-14-10-8-11-15-20)21-16-12-9-13-17-21/h8-17,22-23H,18-19H2,1-7H3/t22-,23-/m1/s1. The van der Waals surface area contributed by atoms with Crippen LogP contribution in [0.3, 0.4) is 0 Å². The second-order valence-electron chi connectivity index (χ2n) is 10.7. The molecule has 3 rings (SSSR count). The van der Waals surface area contributed by atoms with Crippen molar-refractivity contribution in [2.75, 3.05) is 13.7 Å². The highest BCUT2D eigenvalue weighted by molar-refractivity contribution is 6.99. The van der Waals surface area contributed by atoms with Crippen molar-refractivity contribution >= 4 is 30.8 Å². The van der Waals surface area contributed by atoms with Crippen molar-refractivity contribution in [2.24, 2.45) is 0 Å². The number of amides is 1. The van der Waals surface area contributed by atoms with Gasteiger partial charge >= 0.3 is 12.1 Å². The quantitative estimate of drug-likeness (QED) is 0.473. The SMILES string of the molecule is COC(=O)[C@H]1[C@H](O[Si](c2ccccc2)(c2ccccc2)C(C)(C)C)CCN1C(=O)OC(C)(C)C. The molecule has 2 aromatic carbocycles. The number of hydrogen-bond acceptors (Lipinski definition) is 5. The Morgan fingerprint density at radius 1 is 0.882 bits per heavy atom. The van der Waals surface area contributed by atoms with E-state index in [0.717, 1.165) is 10.4 Å². The number of methoxy groups -OCH3 is 1. The normalized spacial score (nSPS) is 19.1. The van der Waals surface area contributed by atoms with Gasteiger partial charge in [0.05, 0.1) is 13.2 Å². The van der Waals surface area contributed by atoms with Crippen LogP contribution in [-0.2, 0) is 18.7 Å². The van der Waals surface area contributed by atoms with Crippen LogP contribution in [0.15, 0.2) is 60.7 Å². The number of benzene rings is 2. The third kappa shape index (κ3) is 5.20. The highest BCUT2D eigenvalue weighted by Gasteiger charge is 2.55. The van der Waals surface area contributed by atoms with Gasteiger partial charge in [0.2, 0.25) is 0 Å². The first kappa shape index (κ1) is 26.0. The minimum absolute atomic E-state index is 0.254. The van der Waals surface area contributed by atoms with E-state index in [9.17, 15) is 9.59 Å². The molecule has 0 aromatic heterocycles. The largest absolute Gasteiger partial charge is 0.467 e. The highest BCUT2D eigenvalue weighted by atomic mass is 28.4. The van der Waals surface area contributed by atoms with Crippen molar-refractivity contribution in [3.05, 3.63) is 60.7 Å². The maximum absolute atomic E-state index is 13.0. The van der Waals surface area contributed by atoms with E-state index in [2.05, 4.69) is 45.0 Å². The first-order valence-corrected chi connectivity index (χ1v) is 13.7. The number of carbonyl (C=O) groups excluding carboxylic acids is 2. The highest BCUT2D eigenvalue weighted by Crippen LogP contribution is 2.39. The van der Waals surface area contributed by atoms with Crippen LogP contribution in [0.25, 0.3) is 0 Å². The summed E-state index contributed by atoms with van der Waals surface area (Å²) in [5.74, 6) is -0.494. The van der Waals surface area contributed by atoms with Crippen molar-refractivity contribution in [1.82, 2.24) is 4.90 Å². The molecule has 0 N–H and O–H groups in total. The molecule has 6 nitrogen and oxygen atoms in total. The minimum Gasteiger partial charge on any atom is -0.467 e. The Kier molecular flexibility index (Phi) is 7.58. The lowest BCUT2D eigenvalue weighted by Gasteiger charge is -2.45. The maximum Gasteiger partial charge on any atom is 0.411 e. The van der Waals surface area contributed by atoms with Crippen molar-refractivity contribution in [3.8, 4) is 0 Å². The van der Waals surface area contributed by atoms with Gasteiger partial charge < -0.3 is 13.9 Å². The predicted molar refractivity (Wildman–Crippen MR) is 136 cm³/mol. The Morgan fingerprint density at radius 3 is 1.79 bits per heavy atom. The Hall–Kier alpha value is -2.64. The number of ether oxygens (including phenoxy) is 2. The fourth-order valence-corrected chi connectivity index (χ4v) is 9.45. The summed E-state index contributed by atoms with van der Waals surface area (Å²) in [6.45, 7) is 12.4. The minimum atomic E-state index is -2.91. The number of rotatable bonds is 5. The third-order valence-electron chi connectivity index (χ3n) is 6.16. The molecule has 0 bridgehead atoms.